The van der Waals surface area contributed by atoms with Crippen molar-refractivity contribution in [3.8, 4) is 0 Å². The first-order chi connectivity index (χ1) is 3.72. The van der Waals surface area contributed by atoms with Gasteiger partial charge in [0.15, 0.2) is 0 Å². The Bertz CT molecular complexity index is 44.3. The van der Waals surface area contributed by atoms with Crippen LogP contribution in [0.5, 0.6) is 0 Å². The second kappa shape index (κ2) is 4.59. The molecule has 0 rings (SSSR count). The summed E-state index contributed by atoms with van der Waals surface area (Å²) >= 11 is -0.428. The first-order valence-electron chi connectivity index (χ1n) is 3.26. The fraction of sp³-hybridized carbons (Fsp3) is 1.00. The molecule has 0 aromatic rings. The topological polar surface area (TPSA) is 0 Å². The number of alkyl halides is 3. The maximum absolute atomic E-state index is 2.48. The number of rotatable bonds is 3. The van der Waals surface area contributed by atoms with Crippen molar-refractivity contribution in [2.45, 2.75) is 31.1 Å². The van der Waals surface area contributed by atoms with Gasteiger partial charge < -0.3 is 0 Å². The minimum absolute atomic E-state index is 0.428. The molecular formula is C7H17I. The van der Waals surface area contributed by atoms with Crippen molar-refractivity contribution >= 4 is 19.8 Å². The van der Waals surface area contributed by atoms with Crippen molar-refractivity contribution < 1.29 is 0 Å². The van der Waals surface area contributed by atoms with Gasteiger partial charge in [0.05, 0.1) is 0 Å². The van der Waals surface area contributed by atoms with E-state index in [9.17, 15) is 0 Å². The fourth-order valence-electron chi connectivity index (χ4n) is 0.527. The molecule has 1 atom stereocenters. The molecule has 1 unspecified atom stereocenters. The first kappa shape index (κ1) is 8.73. The Balaban J connectivity index is 3.29. The molecule has 0 nitrogen and oxygen atoms in total. The van der Waals surface area contributed by atoms with Crippen LogP contribution in [0.2, 0.25) is 0 Å². The van der Waals surface area contributed by atoms with Gasteiger partial charge in [0.25, 0.3) is 0 Å². The van der Waals surface area contributed by atoms with E-state index in [1.807, 2.05) is 0 Å². The van der Waals surface area contributed by atoms with Crippen LogP contribution in [0, 0.1) is 0 Å². The van der Waals surface area contributed by atoms with Crippen LogP contribution < -0.4 is 0 Å². The molecule has 0 spiro atoms. The van der Waals surface area contributed by atoms with Crippen LogP contribution in [0.25, 0.3) is 0 Å². The zero-order valence-corrected chi connectivity index (χ0v) is 8.53. The predicted molar refractivity (Wildman–Crippen MR) is 50.2 cm³/mol. The summed E-state index contributed by atoms with van der Waals surface area (Å²) in [5, 5.41) is 0. The molecule has 0 bridgehead atoms. The standard InChI is InChI=1S/C7H17I/c1-5-7(3)8(4)6-2/h7H,5-6H2,1-4H3. The summed E-state index contributed by atoms with van der Waals surface area (Å²) < 4.78 is 2.56. The van der Waals surface area contributed by atoms with Gasteiger partial charge in [0.2, 0.25) is 0 Å². The molecule has 0 N–H and O–H groups in total. The summed E-state index contributed by atoms with van der Waals surface area (Å²) in [5.74, 6) is 0. The Morgan fingerprint density at radius 2 is 1.88 bits per heavy atom. The van der Waals surface area contributed by atoms with Crippen LogP contribution in [0.15, 0.2) is 0 Å². The van der Waals surface area contributed by atoms with E-state index < -0.39 is 19.8 Å². The van der Waals surface area contributed by atoms with Gasteiger partial charge >= 0.3 is 60.3 Å². The van der Waals surface area contributed by atoms with Crippen LogP contribution in [0.1, 0.15) is 27.2 Å². The molecule has 0 heterocycles. The average Bonchev–Trinajstić information content (AvgIpc) is 1.84. The van der Waals surface area contributed by atoms with Crippen LogP contribution >= 0.6 is 19.8 Å². The van der Waals surface area contributed by atoms with Crippen LogP contribution in [-0.2, 0) is 0 Å². The minimum atomic E-state index is -0.428. The second-order valence-corrected chi connectivity index (χ2v) is 9.40. The van der Waals surface area contributed by atoms with Gasteiger partial charge in [0.1, 0.15) is 0 Å². The predicted octanol–water partition coefficient (Wildman–Crippen LogP) is 2.94. The SMILES string of the molecule is CCC(C)I(C)CC. The van der Waals surface area contributed by atoms with Crippen molar-refractivity contribution in [2.75, 3.05) is 9.36 Å². The van der Waals surface area contributed by atoms with E-state index in [1.54, 1.807) is 0 Å². The molecule has 0 saturated carbocycles. The molecule has 0 radical (unpaired) electrons. The number of hydrogen-bond donors (Lipinski definition) is 0. The van der Waals surface area contributed by atoms with E-state index in [4.69, 9.17) is 0 Å². The maximum atomic E-state index is 2.48. The third-order valence-corrected chi connectivity index (χ3v) is 8.54. The molecular weight excluding hydrogens is 211 g/mol. The number of hydrogen-bond acceptors (Lipinski definition) is 0. The van der Waals surface area contributed by atoms with E-state index in [0.29, 0.717) is 0 Å². The summed E-state index contributed by atoms with van der Waals surface area (Å²) in [5.41, 5.74) is 0. The van der Waals surface area contributed by atoms with Gasteiger partial charge in [-0.05, 0) is 0 Å². The summed E-state index contributed by atoms with van der Waals surface area (Å²) in [6.45, 7) is 7.03. The molecule has 0 aliphatic rings. The monoisotopic (exact) mass is 228 g/mol. The van der Waals surface area contributed by atoms with E-state index in [1.165, 1.54) is 10.8 Å². The summed E-state index contributed by atoms with van der Waals surface area (Å²) in [6, 6.07) is 0. The van der Waals surface area contributed by atoms with E-state index in [0.717, 1.165) is 3.92 Å². The zero-order valence-electron chi connectivity index (χ0n) is 6.37. The van der Waals surface area contributed by atoms with E-state index >= 15 is 0 Å². The second-order valence-electron chi connectivity index (χ2n) is 2.10. The van der Waals surface area contributed by atoms with Gasteiger partial charge in [-0.15, -0.1) is 0 Å². The Morgan fingerprint density at radius 3 is 2.00 bits per heavy atom. The van der Waals surface area contributed by atoms with Gasteiger partial charge in [-0.25, -0.2) is 0 Å². The van der Waals surface area contributed by atoms with Gasteiger partial charge in [-0.2, -0.15) is 0 Å². The molecule has 1 heteroatoms. The van der Waals surface area contributed by atoms with E-state index in [2.05, 4.69) is 25.7 Å². The molecule has 0 aromatic carbocycles. The van der Waals surface area contributed by atoms with Crippen molar-refractivity contribution in [3.05, 3.63) is 0 Å². The number of halogens is 1. The molecule has 8 heavy (non-hydrogen) atoms. The van der Waals surface area contributed by atoms with Crippen molar-refractivity contribution in [1.82, 2.24) is 0 Å². The molecule has 0 fully saturated rings. The fourth-order valence-corrected chi connectivity index (χ4v) is 3.53. The molecule has 0 aliphatic heterocycles. The average molecular weight is 228 g/mol. The first-order valence-corrected chi connectivity index (χ1v) is 8.19. The van der Waals surface area contributed by atoms with E-state index in [-0.39, 0.29) is 0 Å². The Labute approximate surface area is 60.4 Å². The molecule has 0 amide bonds. The quantitative estimate of drug-likeness (QED) is 0.514. The van der Waals surface area contributed by atoms with Crippen molar-refractivity contribution in [2.24, 2.45) is 0 Å². The Kier molecular flexibility index (Phi) is 5.01. The third kappa shape index (κ3) is 2.90. The molecule has 0 aliphatic carbocycles. The Morgan fingerprint density at radius 1 is 1.38 bits per heavy atom. The van der Waals surface area contributed by atoms with Gasteiger partial charge in [-0.1, -0.05) is 0 Å². The molecule has 0 aromatic heterocycles. The molecule has 52 valence electrons. The summed E-state index contributed by atoms with van der Waals surface area (Å²) in [7, 11) is 0. The molecule has 0 saturated heterocycles. The third-order valence-electron chi connectivity index (χ3n) is 1.62. The van der Waals surface area contributed by atoms with Crippen molar-refractivity contribution in [1.29, 1.82) is 0 Å². The summed E-state index contributed by atoms with van der Waals surface area (Å²) in [4.78, 5) is 2.48. The van der Waals surface area contributed by atoms with Crippen LogP contribution in [0.4, 0.5) is 0 Å². The summed E-state index contributed by atoms with van der Waals surface area (Å²) in [6.07, 6.45) is 1.40. The van der Waals surface area contributed by atoms with Crippen LogP contribution in [0.3, 0.4) is 0 Å². The Hall–Kier alpha value is 0.730. The van der Waals surface area contributed by atoms with Crippen LogP contribution in [-0.4, -0.2) is 13.3 Å². The van der Waals surface area contributed by atoms with Gasteiger partial charge in [-0.3, -0.25) is 0 Å². The van der Waals surface area contributed by atoms with Gasteiger partial charge in [0, 0.05) is 0 Å². The zero-order chi connectivity index (χ0) is 6.57. The normalized spacial score (nSPS) is 15.8. The van der Waals surface area contributed by atoms with Crippen molar-refractivity contribution in [3.63, 3.8) is 0 Å².